The van der Waals surface area contributed by atoms with E-state index >= 15 is 0 Å². The summed E-state index contributed by atoms with van der Waals surface area (Å²) in [6, 6.07) is 14.5. The van der Waals surface area contributed by atoms with Crippen molar-refractivity contribution in [1.82, 2.24) is 4.98 Å². The van der Waals surface area contributed by atoms with Gasteiger partial charge in [0.05, 0.1) is 11.6 Å². The minimum absolute atomic E-state index is 0.242. The largest absolute Gasteiger partial charge is 0.320 e. The maximum absolute atomic E-state index is 13.2. The van der Waals surface area contributed by atoms with E-state index in [4.69, 9.17) is 5.73 Å². The van der Waals surface area contributed by atoms with Gasteiger partial charge >= 0.3 is 0 Å². The number of benzene rings is 2. The predicted molar refractivity (Wildman–Crippen MR) is 91.6 cm³/mol. The second-order valence-electron chi connectivity index (χ2n) is 5.05. The van der Waals surface area contributed by atoms with E-state index in [2.05, 4.69) is 27.6 Å². The third-order valence-corrected chi connectivity index (χ3v) is 4.44. The Bertz CT molecular complexity index is 817. The molecular weight excluding hydrogens is 378 g/mol. The molecule has 1 atom stereocenters. The molecule has 1 aromatic heterocycles. The summed E-state index contributed by atoms with van der Waals surface area (Å²) in [7, 11) is 0. The van der Waals surface area contributed by atoms with E-state index in [1.165, 1.54) is 12.1 Å². The van der Waals surface area contributed by atoms with Gasteiger partial charge in [-0.05, 0) is 71.0 Å². The smallest absolute Gasteiger partial charge is 0.124 e. The lowest BCUT2D eigenvalue weighted by Gasteiger charge is -2.15. The van der Waals surface area contributed by atoms with Crippen LogP contribution in [-0.4, -0.2) is 4.98 Å². The van der Waals surface area contributed by atoms with Gasteiger partial charge in [0.1, 0.15) is 5.82 Å². The number of pyridine rings is 1. The fourth-order valence-electron chi connectivity index (χ4n) is 2.37. The quantitative estimate of drug-likeness (QED) is 0.660. The summed E-state index contributed by atoms with van der Waals surface area (Å²) in [5.74, 6) is -0.242. The van der Waals surface area contributed by atoms with Crippen molar-refractivity contribution in [1.29, 1.82) is 0 Å². The molecule has 0 saturated carbocycles. The summed E-state index contributed by atoms with van der Waals surface area (Å²) in [6.07, 6.45) is 0. The molecule has 0 radical (unpaired) electrons. The second-order valence-corrected chi connectivity index (χ2v) is 6.21. The van der Waals surface area contributed by atoms with Crippen LogP contribution in [-0.2, 0) is 0 Å². The minimum atomic E-state index is -0.275. The summed E-state index contributed by atoms with van der Waals surface area (Å²) in [4.78, 5) is 4.49. The lowest BCUT2D eigenvalue weighted by molar-refractivity contribution is 0.625. The first-order valence-electron chi connectivity index (χ1n) is 6.62. The van der Waals surface area contributed by atoms with Crippen LogP contribution in [0.15, 0.2) is 48.5 Å². The Kier molecular flexibility index (Phi) is 3.91. The van der Waals surface area contributed by atoms with Crippen LogP contribution < -0.4 is 5.73 Å². The van der Waals surface area contributed by atoms with Crippen LogP contribution in [0, 0.1) is 16.3 Å². The van der Waals surface area contributed by atoms with Gasteiger partial charge in [-0.1, -0.05) is 18.2 Å². The molecule has 0 fully saturated rings. The summed E-state index contributed by atoms with van der Waals surface area (Å²) in [5, 5.41) is 1.06. The van der Waals surface area contributed by atoms with E-state index in [1.807, 2.05) is 37.3 Å². The number of aromatic nitrogens is 1. The van der Waals surface area contributed by atoms with Gasteiger partial charge in [-0.15, -0.1) is 0 Å². The van der Waals surface area contributed by atoms with Crippen LogP contribution in [0.4, 0.5) is 4.39 Å². The number of hydrogen-bond donors (Lipinski definition) is 1. The zero-order valence-corrected chi connectivity index (χ0v) is 13.6. The number of rotatable bonds is 2. The molecule has 4 heteroatoms. The zero-order chi connectivity index (χ0) is 15.0. The lowest BCUT2D eigenvalue weighted by atomic mass is 9.98. The van der Waals surface area contributed by atoms with Crippen LogP contribution >= 0.6 is 22.6 Å². The van der Waals surface area contributed by atoms with Crippen molar-refractivity contribution in [3.8, 4) is 0 Å². The minimum Gasteiger partial charge on any atom is -0.320 e. The lowest BCUT2D eigenvalue weighted by Crippen LogP contribution is -2.13. The molecule has 3 aromatic rings. The van der Waals surface area contributed by atoms with Crippen molar-refractivity contribution in [2.75, 3.05) is 0 Å². The molecule has 0 amide bonds. The number of aryl methyl sites for hydroxylation is 1. The molecule has 2 N–H and O–H groups in total. The second kappa shape index (κ2) is 5.69. The van der Waals surface area contributed by atoms with E-state index in [0.717, 1.165) is 31.3 Å². The van der Waals surface area contributed by atoms with Crippen molar-refractivity contribution < 1.29 is 4.39 Å². The van der Waals surface area contributed by atoms with Crippen LogP contribution in [0.5, 0.6) is 0 Å². The molecule has 0 bridgehead atoms. The van der Waals surface area contributed by atoms with E-state index in [1.54, 1.807) is 6.07 Å². The summed E-state index contributed by atoms with van der Waals surface area (Å²) in [5.41, 5.74) is 10.2. The monoisotopic (exact) mass is 392 g/mol. The van der Waals surface area contributed by atoms with Gasteiger partial charge in [0.15, 0.2) is 0 Å². The van der Waals surface area contributed by atoms with Gasteiger partial charge in [0, 0.05) is 14.7 Å². The number of nitrogens with zero attached hydrogens (tertiary/aromatic N) is 1. The molecule has 1 heterocycles. The standard InChI is InChI=1S/C17H14FIN2/c1-10-2-3-11-8-12(4-7-16(11)21-10)17(20)14-6-5-13(18)9-15(14)19/h2-9,17H,20H2,1H3. The summed E-state index contributed by atoms with van der Waals surface area (Å²) < 4.78 is 14.0. The highest BCUT2D eigenvalue weighted by Crippen LogP contribution is 2.27. The predicted octanol–water partition coefficient (Wildman–Crippen LogP) is 4.34. The SMILES string of the molecule is Cc1ccc2cc(C(N)c3ccc(F)cc3I)ccc2n1. The topological polar surface area (TPSA) is 38.9 Å². The van der Waals surface area contributed by atoms with Crippen molar-refractivity contribution in [2.45, 2.75) is 13.0 Å². The maximum Gasteiger partial charge on any atom is 0.124 e. The van der Waals surface area contributed by atoms with Crippen LogP contribution in [0.25, 0.3) is 10.9 Å². The Morgan fingerprint density at radius 2 is 1.90 bits per heavy atom. The van der Waals surface area contributed by atoms with Gasteiger partial charge in [-0.3, -0.25) is 4.98 Å². The molecule has 2 aromatic carbocycles. The Morgan fingerprint density at radius 1 is 1.10 bits per heavy atom. The number of nitrogens with two attached hydrogens (primary N) is 1. The fraction of sp³-hybridized carbons (Fsp3) is 0.118. The Labute approximate surface area is 136 Å². The summed E-state index contributed by atoms with van der Waals surface area (Å²) >= 11 is 2.12. The number of fused-ring (bicyclic) bond motifs is 1. The Hall–Kier alpha value is -1.53. The highest BCUT2D eigenvalue weighted by molar-refractivity contribution is 14.1. The first kappa shape index (κ1) is 14.4. The van der Waals surface area contributed by atoms with Gasteiger partial charge in [0.2, 0.25) is 0 Å². The average Bonchev–Trinajstić information content (AvgIpc) is 2.46. The van der Waals surface area contributed by atoms with Gasteiger partial charge in [-0.25, -0.2) is 4.39 Å². The number of hydrogen-bond acceptors (Lipinski definition) is 2. The normalized spacial score (nSPS) is 12.6. The first-order valence-corrected chi connectivity index (χ1v) is 7.70. The van der Waals surface area contributed by atoms with Crippen LogP contribution in [0.3, 0.4) is 0 Å². The van der Waals surface area contributed by atoms with Gasteiger partial charge < -0.3 is 5.73 Å². The molecule has 0 spiro atoms. The average molecular weight is 392 g/mol. The third kappa shape index (κ3) is 2.91. The van der Waals surface area contributed by atoms with E-state index in [-0.39, 0.29) is 11.9 Å². The highest BCUT2D eigenvalue weighted by atomic mass is 127. The fourth-order valence-corrected chi connectivity index (χ4v) is 3.19. The number of halogens is 2. The van der Waals surface area contributed by atoms with E-state index in [9.17, 15) is 4.39 Å². The molecule has 21 heavy (non-hydrogen) atoms. The molecule has 106 valence electrons. The van der Waals surface area contributed by atoms with Crippen LogP contribution in [0.1, 0.15) is 22.9 Å². The van der Waals surface area contributed by atoms with Crippen molar-refractivity contribution in [3.05, 3.63) is 74.7 Å². The van der Waals surface area contributed by atoms with Crippen LogP contribution in [0.2, 0.25) is 0 Å². The molecule has 0 aliphatic carbocycles. The Balaban J connectivity index is 2.04. The zero-order valence-electron chi connectivity index (χ0n) is 11.5. The molecule has 0 saturated heterocycles. The molecule has 0 aliphatic heterocycles. The Morgan fingerprint density at radius 3 is 2.67 bits per heavy atom. The molecule has 1 unspecified atom stereocenters. The maximum atomic E-state index is 13.2. The summed E-state index contributed by atoms with van der Waals surface area (Å²) in [6.45, 7) is 1.97. The van der Waals surface area contributed by atoms with Gasteiger partial charge in [0.25, 0.3) is 0 Å². The van der Waals surface area contributed by atoms with E-state index < -0.39 is 0 Å². The molecule has 3 rings (SSSR count). The van der Waals surface area contributed by atoms with E-state index in [0.29, 0.717) is 0 Å². The molecule has 0 aliphatic rings. The third-order valence-electron chi connectivity index (χ3n) is 3.51. The molecular formula is C17H14FIN2. The van der Waals surface area contributed by atoms with Crippen molar-refractivity contribution in [3.63, 3.8) is 0 Å². The van der Waals surface area contributed by atoms with Crippen molar-refractivity contribution >= 4 is 33.5 Å². The first-order chi connectivity index (χ1) is 10.0. The van der Waals surface area contributed by atoms with Crippen molar-refractivity contribution in [2.24, 2.45) is 5.73 Å². The van der Waals surface area contributed by atoms with Gasteiger partial charge in [-0.2, -0.15) is 0 Å². The highest BCUT2D eigenvalue weighted by Gasteiger charge is 2.13. The molecule has 2 nitrogen and oxygen atoms in total.